The number of hydrogen-bond donors (Lipinski definition) is 1. The number of rotatable bonds is 4. The normalized spacial score (nSPS) is 13.1. The summed E-state index contributed by atoms with van der Waals surface area (Å²) in [5.41, 5.74) is 2.42. The predicted octanol–water partition coefficient (Wildman–Crippen LogP) is 1.87. The van der Waals surface area contributed by atoms with Crippen LogP contribution in [0.4, 0.5) is 5.69 Å². The van der Waals surface area contributed by atoms with Crippen LogP contribution in [0.25, 0.3) is 0 Å². The fourth-order valence-electron chi connectivity index (χ4n) is 2.76. The topological polar surface area (TPSA) is 75.2 Å². The molecule has 0 fully saturated rings. The Bertz CT molecular complexity index is 774. The summed E-state index contributed by atoms with van der Waals surface area (Å²) in [6.45, 7) is 4.49. The largest absolute Gasteiger partial charge is 0.345 e. The van der Waals surface area contributed by atoms with E-state index in [0.717, 1.165) is 24.1 Å². The highest BCUT2D eigenvalue weighted by molar-refractivity contribution is 6.02. The summed E-state index contributed by atoms with van der Waals surface area (Å²) in [5.74, 6) is 0.262. The number of carbonyl (C=O) groups excluding carboxylic acids is 2. The van der Waals surface area contributed by atoms with E-state index in [1.165, 1.54) is 6.08 Å². The molecule has 6 nitrogen and oxygen atoms in total. The molecule has 1 aromatic heterocycles. The first kappa shape index (κ1) is 15.9. The molecule has 24 heavy (non-hydrogen) atoms. The van der Waals surface area contributed by atoms with Crippen LogP contribution in [-0.2, 0) is 17.8 Å². The van der Waals surface area contributed by atoms with Gasteiger partial charge in [-0.15, -0.1) is 0 Å². The van der Waals surface area contributed by atoms with Crippen molar-refractivity contribution < 1.29 is 9.59 Å². The van der Waals surface area contributed by atoms with Crippen LogP contribution in [0.5, 0.6) is 0 Å². The number of anilines is 1. The van der Waals surface area contributed by atoms with Crippen LogP contribution < -0.4 is 10.2 Å². The Morgan fingerprint density at radius 1 is 1.29 bits per heavy atom. The van der Waals surface area contributed by atoms with Gasteiger partial charge in [0.15, 0.2) is 0 Å². The highest BCUT2D eigenvalue weighted by Crippen LogP contribution is 2.28. The van der Waals surface area contributed by atoms with Gasteiger partial charge in [-0.1, -0.05) is 6.58 Å². The van der Waals surface area contributed by atoms with Crippen molar-refractivity contribution in [2.24, 2.45) is 0 Å². The number of amides is 2. The Labute approximate surface area is 140 Å². The lowest BCUT2D eigenvalue weighted by atomic mass is 9.98. The van der Waals surface area contributed by atoms with E-state index in [1.807, 2.05) is 12.1 Å². The molecule has 1 aliphatic rings. The van der Waals surface area contributed by atoms with E-state index in [4.69, 9.17) is 0 Å². The van der Waals surface area contributed by atoms with Crippen molar-refractivity contribution in [3.05, 3.63) is 66.3 Å². The van der Waals surface area contributed by atoms with Gasteiger partial charge in [-0.2, -0.15) is 0 Å². The number of aryl methyl sites for hydroxylation is 1. The average Bonchev–Trinajstić information content (AvgIpc) is 2.65. The SMILES string of the molecule is C=CC(=O)N1CCCc2cc(C(=O)NCc3ncccn3)ccc21. The first-order chi connectivity index (χ1) is 11.7. The molecule has 0 aliphatic carbocycles. The lowest BCUT2D eigenvalue weighted by molar-refractivity contribution is -0.114. The third-order valence-electron chi connectivity index (χ3n) is 3.93. The average molecular weight is 322 g/mol. The minimum Gasteiger partial charge on any atom is -0.345 e. The molecule has 2 amide bonds. The quantitative estimate of drug-likeness (QED) is 0.872. The Morgan fingerprint density at radius 3 is 2.83 bits per heavy atom. The predicted molar refractivity (Wildman–Crippen MR) is 90.5 cm³/mol. The molecule has 0 atom stereocenters. The van der Waals surface area contributed by atoms with Crippen LogP contribution in [0, 0.1) is 0 Å². The van der Waals surface area contributed by atoms with Gasteiger partial charge in [0.05, 0.1) is 6.54 Å². The summed E-state index contributed by atoms with van der Waals surface area (Å²) in [7, 11) is 0. The van der Waals surface area contributed by atoms with Gasteiger partial charge in [-0.25, -0.2) is 9.97 Å². The second kappa shape index (κ2) is 7.04. The van der Waals surface area contributed by atoms with Crippen molar-refractivity contribution >= 4 is 17.5 Å². The Hall–Kier alpha value is -3.02. The molecule has 0 bridgehead atoms. The third kappa shape index (κ3) is 3.32. The third-order valence-corrected chi connectivity index (χ3v) is 3.93. The van der Waals surface area contributed by atoms with Crippen LogP contribution in [0.1, 0.15) is 28.2 Å². The Kier molecular flexibility index (Phi) is 4.65. The van der Waals surface area contributed by atoms with Crippen molar-refractivity contribution in [2.75, 3.05) is 11.4 Å². The van der Waals surface area contributed by atoms with Crippen molar-refractivity contribution in [3.8, 4) is 0 Å². The van der Waals surface area contributed by atoms with Gasteiger partial charge < -0.3 is 10.2 Å². The second-order valence-electron chi connectivity index (χ2n) is 5.49. The fraction of sp³-hybridized carbons (Fsp3) is 0.222. The first-order valence-electron chi connectivity index (χ1n) is 7.80. The van der Waals surface area contributed by atoms with Crippen molar-refractivity contribution in [3.63, 3.8) is 0 Å². The number of benzene rings is 1. The number of carbonyl (C=O) groups is 2. The van der Waals surface area contributed by atoms with E-state index in [2.05, 4.69) is 21.9 Å². The van der Waals surface area contributed by atoms with E-state index in [-0.39, 0.29) is 18.4 Å². The maximum absolute atomic E-state index is 12.3. The monoisotopic (exact) mass is 322 g/mol. The molecule has 1 aromatic carbocycles. The highest BCUT2D eigenvalue weighted by Gasteiger charge is 2.21. The fourth-order valence-corrected chi connectivity index (χ4v) is 2.76. The van der Waals surface area contributed by atoms with E-state index in [9.17, 15) is 9.59 Å². The van der Waals surface area contributed by atoms with Crippen LogP contribution in [0.15, 0.2) is 49.3 Å². The summed E-state index contributed by atoms with van der Waals surface area (Å²) in [5, 5.41) is 2.81. The molecule has 2 heterocycles. The zero-order valence-corrected chi connectivity index (χ0v) is 13.2. The summed E-state index contributed by atoms with van der Waals surface area (Å²) in [4.78, 5) is 34.1. The standard InChI is InChI=1S/C18H18N4O2/c1-2-17(23)22-10-3-5-13-11-14(6-7-15(13)22)18(24)21-12-16-19-8-4-9-20-16/h2,4,6-9,11H,1,3,5,10,12H2,(H,21,24). The molecule has 0 saturated carbocycles. The smallest absolute Gasteiger partial charge is 0.251 e. The van der Waals surface area contributed by atoms with Crippen LogP contribution >= 0.6 is 0 Å². The minimum absolute atomic E-state index is 0.116. The number of nitrogens with one attached hydrogen (secondary N) is 1. The first-order valence-corrected chi connectivity index (χ1v) is 7.80. The molecule has 3 rings (SSSR count). The van der Waals surface area contributed by atoms with Crippen LogP contribution in [-0.4, -0.2) is 28.3 Å². The van der Waals surface area contributed by atoms with Crippen molar-refractivity contribution in [1.82, 2.24) is 15.3 Å². The minimum atomic E-state index is -0.183. The zero-order chi connectivity index (χ0) is 16.9. The van der Waals surface area contributed by atoms with Gasteiger partial charge in [-0.05, 0) is 48.7 Å². The van der Waals surface area contributed by atoms with E-state index in [1.54, 1.807) is 29.4 Å². The number of hydrogen-bond acceptors (Lipinski definition) is 4. The molecule has 1 aliphatic heterocycles. The molecule has 2 aromatic rings. The maximum Gasteiger partial charge on any atom is 0.251 e. The maximum atomic E-state index is 12.3. The number of nitrogens with zero attached hydrogens (tertiary/aromatic N) is 3. The molecule has 0 radical (unpaired) electrons. The van der Waals surface area contributed by atoms with Gasteiger partial charge in [0.25, 0.3) is 5.91 Å². The van der Waals surface area contributed by atoms with Gasteiger partial charge in [0.2, 0.25) is 5.91 Å². The Morgan fingerprint density at radius 2 is 2.08 bits per heavy atom. The van der Waals surface area contributed by atoms with Gasteiger partial charge in [-0.3, -0.25) is 9.59 Å². The van der Waals surface area contributed by atoms with Gasteiger partial charge in [0.1, 0.15) is 5.82 Å². The Balaban J connectivity index is 1.74. The highest BCUT2D eigenvalue weighted by atomic mass is 16.2. The molecule has 0 saturated heterocycles. The molecule has 0 unspecified atom stereocenters. The molecular weight excluding hydrogens is 304 g/mol. The summed E-state index contributed by atoms with van der Waals surface area (Å²) in [6.07, 6.45) is 6.31. The molecule has 6 heteroatoms. The van der Waals surface area contributed by atoms with Crippen molar-refractivity contribution in [2.45, 2.75) is 19.4 Å². The molecule has 0 spiro atoms. The number of aromatic nitrogens is 2. The van der Waals surface area contributed by atoms with E-state index in [0.29, 0.717) is 17.9 Å². The zero-order valence-electron chi connectivity index (χ0n) is 13.2. The van der Waals surface area contributed by atoms with Gasteiger partial charge in [0, 0.05) is 30.2 Å². The summed E-state index contributed by atoms with van der Waals surface area (Å²) >= 11 is 0. The van der Waals surface area contributed by atoms with Crippen molar-refractivity contribution in [1.29, 1.82) is 0 Å². The number of fused-ring (bicyclic) bond motifs is 1. The lowest BCUT2D eigenvalue weighted by Gasteiger charge is -2.28. The van der Waals surface area contributed by atoms with Crippen LogP contribution in [0.3, 0.4) is 0 Å². The van der Waals surface area contributed by atoms with Crippen LogP contribution in [0.2, 0.25) is 0 Å². The van der Waals surface area contributed by atoms with Gasteiger partial charge >= 0.3 is 0 Å². The summed E-state index contributed by atoms with van der Waals surface area (Å²) in [6, 6.07) is 7.13. The summed E-state index contributed by atoms with van der Waals surface area (Å²) < 4.78 is 0. The molecular formula is C18H18N4O2. The lowest BCUT2D eigenvalue weighted by Crippen LogP contribution is -2.34. The van der Waals surface area contributed by atoms with E-state index < -0.39 is 0 Å². The second-order valence-corrected chi connectivity index (χ2v) is 5.49. The molecule has 122 valence electrons. The molecule has 1 N–H and O–H groups in total. The van der Waals surface area contributed by atoms with E-state index >= 15 is 0 Å².